The Labute approximate surface area is 209 Å². The zero-order chi connectivity index (χ0) is 26.3. The lowest BCUT2D eigenvalue weighted by Crippen LogP contribution is -2.50. The average Bonchev–Trinajstić information content (AvgIpc) is 3.30. The van der Waals surface area contributed by atoms with Crippen LogP contribution in [-0.2, 0) is 16.4 Å². The number of carbonyl (C=O) groups is 1. The second kappa shape index (κ2) is 11.9. The molecule has 2 aromatic rings. The third-order valence-electron chi connectivity index (χ3n) is 5.40. The van der Waals surface area contributed by atoms with Gasteiger partial charge in [-0.05, 0) is 42.2 Å². The summed E-state index contributed by atoms with van der Waals surface area (Å²) in [5.41, 5.74) is 0.686. The molecule has 0 saturated heterocycles. The molecule has 1 heterocycles. The topological polar surface area (TPSA) is 158 Å². The number of hydrogen-bond donors (Lipinski definition) is 3. The normalized spacial score (nSPS) is 14.3. The van der Waals surface area contributed by atoms with Crippen LogP contribution in [-0.4, -0.2) is 67.7 Å². The fraction of sp³-hybridized carbons (Fsp3) is 0.417. The lowest BCUT2D eigenvalue weighted by Gasteiger charge is -2.30. The molecule has 0 aliphatic carbocycles. The Bertz CT molecular complexity index is 1190. The van der Waals surface area contributed by atoms with Crippen LogP contribution in [0.3, 0.4) is 0 Å². The van der Waals surface area contributed by atoms with Crippen molar-refractivity contribution in [3.63, 3.8) is 0 Å². The first-order valence-electron chi connectivity index (χ1n) is 11.3. The van der Waals surface area contributed by atoms with Crippen molar-refractivity contribution in [2.24, 2.45) is 5.92 Å². The van der Waals surface area contributed by atoms with Crippen LogP contribution in [0.4, 0.5) is 4.79 Å². The van der Waals surface area contributed by atoms with Gasteiger partial charge in [0.25, 0.3) is 0 Å². The summed E-state index contributed by atoms with van der Waals surface area (Å²) in [6.45, 7) is 3.36. The highest BCUT2D eigenvalue weighted by Crippen LogP contribution is 2.34. The number of carboxylic acid groups (broad SMARTS) is 1. The van der Waals surface area contributed by atoms with E-state index in [0.717, 1.165) is 4.31 Å². The van der Waals surface area contributed by atoms with Crippen molar-refractivity contribution < 1.29 is 37.6 Å². The molecule has 1 aliphatic rings. The zero-order valence-corrected chi connectivity index (χ0v) is 20.8. The van der Waals surface area contributed by atoms with Gasteiger partial charge in [-0.15, -0.1) is 0 Å². The van der Waals surface area contributed by atoms with Crippen LogP contribution in [0.15, 0.2) is 47.4 Å². The van der Waals surface area contributed by atoms with E-state index >= 15 is 0 Å². The van der Waals surface area contributed by atoms with Crippen molar-refractivity contribution in [1.82, 2.24) is 9.62 Å². The number of hydrogen-bond acceptors (Lipinski definition) is 8. The molecule has 0 unspecified atom stereocenters. The van der Waals surface area contributed by atoms with E-state index in [4.69, 9.17) is 19.5 Å². The second-order valence-electron chi connectivity index (χ2n) is 8.65. The van der Waals surface area contributed by atoms with Crippen LogP contribution in [0, 0.1) is 17.2 Å². The van der Waals surface area contributed by atoms with E-state index in [1.807, 2.05) is 19.9 Å². The highest BCUT2D eigenvalue weighted by molar-refractivity contribution is 7.89. The van der Waals surface area contributed by atoms with Crippen LogP contribution >= 0.6 is 0 Å². The van der Waals surface area contributed by atoms with Gasteiger partial charge in [0.15, 0.2) is 18.1 Å². The summed E-state index contributed by atoms with van der Waals surface area (Å²) < 4.78 is 43.9. The number of nitrogens with zero attached hydrogens (tertiary/aromatic N) is 2. The highest BCUT2D eigenvalue weighted by atomic mass is 32.2. The van der Waals surface area contributed by atoms with Gasteiger partial charge in [0.05, 0.1) is 17.0 Å². The minimum Gasteiger partial charge on any atom is -0.479 e. The van der Waals surface area contributed by atoms with Crippen LogP contribution in [0.2, 0.25) is 0 Å². The molecule has 3 rings (SSSR count). The van der Waals surface area contributed by atoms with Gasteiger partial charge in [-0.3, -0.25) is 0 Å². The number of aliphatic hydroxyl groups is 1. The molecule has 3 N–H and O–H groups in total. The molecule has 36 heavy (non-hydrogen) atoms. The van der Waals surface area contributed by atoms with Crippen LogP contribution < -0.4 is 19.5 Å². The van der Waals surface area contributed by atoms with Crippen molar-refractivity contribution in [2.75, 3.05) is 26.5 Å². The smallest absolute Gasteiger partial charge is 0.404 e. The Morgan fingerprint density at radius 1 is 1.17 bits per heavy atom. The van der Waals surface area contributed by atoms with Gasteiger partial charge in [-0.1, -0.05) is 26.0 Å². The summed E-state index contributed by atoms with van der Waals surface area (Å²) in [5, 5.41) is 31.2. The lowest BCUT2D eigenvalue weighted by molar-refractivity contribution is 0.0980. The lowest BCUT2D eigenvalue weighted by atomic mass is 10.0. The van der Waals surface area contributed by atoms with Crippen molar-refractivity contribution in [3.05, 3.63) is 48.0 Å². The summed E-state index contributed by atoms with van der Waals surface area (Å²) in [6.07, 6.45) is -2.59. The Kier molecular flexibility index (Phi) is 8.98. The van der Waals surface area contributed by atoms with E-state index in [2.05, 4.69) is 5.32 Å². The van der Waals surface area contributed by atoms with Crippen LogP contribution in [0.25, 0.3) is 0 Å². The van der Waals surface area contributed by atoms with Gasteiger partial charge >= 0.3 is 6.09 Å². The number of sulfonamides is 1. The molecule has 2 atom stereocenters. The maximum atomic E-state index is 13.5. The minimum atomic E-state index is -4.04. The summed E-state index contributed by atoms with van der Waals surface area (Å²) in [7, 11) is -4.04. The van der Waals surface area contributed by atoms with E-state index < -0.39 is 28.3 Å². The van der Waals surface area contributed by atoms with Gasteiger partial charge in [-0.2, -0.15) is 9.57 Å². The van der Waals surface area contributed by atoms with Gasteiger partial charge in [0.1, 0.15) is 11.8 Å². The second-order valence-corrected chi connectivity index (χ2v) is 10.6. The molecular formula is C24H29N3O8S. The number of rotatable bonds is 12. The first-order chi connectivity index (χ1) is 17.1. The maximum absolute atomic E-state index is 13.5. The standard InChI is InChI=1S/C24H29N3O8S/c1-16(2)13-27(36(31,32)19-7-8-22-23(12-19)35-15-34-22)14-21(28)20(26-24(29)30)11-17-3-5-18(6-4-17)33-10-9-25/h3-8,12,16,20-21,26,28H,10-11,13-15H2,1-2H3,(H,29,30)/t20-,21-/m0/s1. The van der Waals surface area contributed by atoms with Crippen molar-refractivity contribution >= 4 is 16.1 Å². The van der Waals surface area contributed by atoms with Crippen LogP contribution in [0.1, 0.15) is 19.4 Å². The molecule has 1 aliphatic heterocycles. The Balaban J connectivity index is 1.80. The average molecular weight is 520 g/mol. The number of nitriles is 1. The third-order valence-corrected chi connectivity index (χ3v) is 7.22. The molecular weight excluding hydrogens is 490 g/mol. The summed E-state index contributed by atoms with van der Waals surface area (Å²) in [5.74, 6) is 1.17. The molecule has 0 fully saturated rings. The van der Waals surface area contributed by atoms with Crippen molar-refractivity contribution in [3.8, 4) is 23.3 Å². The first kappa shape index (κ1) is 27.1. The van der Waals surface area contributed by atoms with E-state index in [9.17, 15) is 23.4 Å². The molecule has 11 nitrogen and oxygen atoms in total. The number of ether oxygens (including phenoxy) is 3. The molecule has 0 radical (unpaired) electrons. The fourth-order valence-corrected chi connectivity index (χ4v) is 5.37. The quantitative estimate of drug-likeness (QED) is 0.382. The SMILES string of the molecule is CC(C)CN(C[C@H](O)[C@H](Cc1ccc(OCC#N)cc1)NC(=O)O)S(=O)(=O)c1ccc2c(c1)OCO2. The number of amides is 1. The van der Waals surface area contributed by atoms with E-state index in [1.165, 1.54) is 18.2 Å². The van der Waals surface area contributed by atoms with E-state index in [0.29, 0.717) is 22.8 Å². The van der Waals surface area contributed by atoms with Gasteiger partial charge < -0.3 is 29.7 Å². The fourth-order valence-electron chi connectivity index (χ4n) is 3.73. The Hall–Kier alpha value is -3.53. The number of fused-ring (bicyclic) bond motifs is 1. The van der Waals surface area contributed by atoms with Crippen molar-refractivity contribution in [2.45, 2.75) is 37.3 Å². The van der Waals surface area contributed by atoms with E-state index in [-0.39, 0.29) is 43.7 Å². The monoisotopic (exact) mass is 519 g/mol. The predicted molar refractivity (Wildman–Crippen MR) is 128 cm³/mol. The molecule has 194 valence electrons. The Morgan fingerprint density at radius 2 is 1.86 bits per heavy atom. The molecule has 12 heteroatoms. The van der Waals surface area contributed by atoms with Gasteiger partial charge in [0, 0.05) is 19.2 Å². The molecule has 0 bridgehead atoms. The summed E-state index contributed by atoms with van der Waals surface area (Å²) in [6, 6.07) is 11.8. The molecule has 0 saturated carbocycles. The summed E-state index contributed by atoms with van der Waals surface area (Å²) >= 11 is 0. The highest BCUT2D eigenvalue weighted by Gasteiger charge is 2.32. The number of aliphatic hydroxyl groups excluding tert-OH is 1. The third kappa shape index (κ3) is 7.00. The first-order valence-corrected chi connectivity index (χ1v) is 12.7. The molecule has 0 spiro atoms. The molecule has 0 aromatic heterocycles. The Morgan fingerprint density at radius 3 is 2.50 bits per heavy atom. The number of nitrogens with one attached hydrogen (secondary N) is 1. The maximum Gasteiger partial charge on any atom is 0.404 e. The minimum absolute atomic E-state index is 0.00121. The molecule has 2 aromatic carbocycles. The largest absolute Gasteiger partial charge is 0.479 e. The predicted octanol–water partition coefficient (Wildman–Crippen LogP) is 2.20. The molecule has 1 amide bonds. The van der Waals surface area contributed by atoms with Crippen LogP contribution in [0.5, 0.6) is 17.2 Å². The summed E-state index contributed by atoms with van der Waals surface area (Å²) in [4.78, 5) is 11.4. The van der Waals surface area contributed by atoms with E-state index in [1.54, 1.807) is 24.3 Å². The van der Waals surface area contributed by atoms with Gasteiger partial charge in [-0.25, -0.2) is 13.2 Å². The zero-order valence-electron chi connectivity index (χ0n) is 20.0. The van der Waals surface area contributed by atoms with Crippen molar-refractivity contribution in [1.29, 1.82) is 5.26 Å². The number of benzene rings is 2. The van der Waals surface area contributed by atoms with Gasteiger partial charge in [0.2, 0.25) is 16.8 Å².